The Bertz CT molecular complexity index is 357. The third-order valence-electron chi connectivity index (χ3n) is 3.83. The number of carboxylic acids is 1. The van der Waals surface area contributed by atoms with Crippen LogP contribution in [0.3, 0.4) is 0 Å². The number of amides is 1. The number of carboxylic acid groups (broad SMARTS) is 1. The van der Waals surface area contributed by atoms with Crippen LogP contribution in [0.15, 0.2) is 0 Å². The molecule has 116 valence electrons. The minimum Gasteiger partial charge on any atom is -0.481 e. The van der Waals surface area contributed by atoms with Crippen LogP contribution in [-0.2, 0) is 9.53 Å². The fourth-order valence-electron chi connectivity index (χ4n) is 2.17. The van der Waals surface area contributed by atoms with Crippen LogP contribution in [0.1, 0.15) is 59.8 Å². The van der Waals surface area contributed by atoms with Crippen molar-refractivity contribution in [3.63, 3.8) is 0 Å². The first-order chi connectivity index (χ1) is 9.18. The third-order valence-corrected chi connectivity index (χ3v) is 3.83. The van der Waals surface area contributed by atoms with Crippen molar-refractivity contribution in [2.45, 2.75) is 65.4 Å². The van der Waals surface area contributed by atoms with E-state index >= 15 is 0 Å². The molecule has 1 aliphatic rings. The molecule has 1 atom stereocenters. The molecule has 0 radical (unpaired) electrons. The average molecular weight is 285 g/mol. The first kappa shape index (κ1) is 16.8. The molecule has 0 aromatic heterocycles. The van der Waals surface area contributed by atoms with Gasteiger partial charge in [-0.2, -0.15) is 0 Å². The fourth-order valence-corrected chi connectivity index (χ4v) is 2.17. The van der Waals surface area contributed by atoms with Crippen molar-refractivity contribution in [1.82, 2.24) is 5.32 Å². The van der Waals surface area contributed by atoms with E-state index in [0.717, 1.165) is 6.42 Å². The van der Waals surface area contributed by atoms with Crippen LogP contribution in [0.2, 0.25) is 0 Å². The third kappa shape index (κ3) is 5.39. The van der Waals surface area contributed by atoms with E-state index in [4.69, 9.17) is 4.74 Å². The normalized spacial score (nSPS) is 18.2. The summed E-state index contributed by atoms with van der Waals surface area (Å²) in [5.41, 5.74) is -1.45. The van der Waals surface area contributed by atoms with E-state index in [1.807, 2.05) is 6.92 Å². The van der Waals surface area contributed by atoms with Crippen LogP contribution >= 0.6 is 0 Å². The predicted molar refractivity (Wildman–Crippen MR) is 76.6 cm³/mol. The Balaban J connectivity index is 2.54. The van der Waals surface area contributed by atoms with Gasteiger partial charge in [0.1, 0.15) is 5.60 Å². The Morgan fingerprint density at radius 2 is 1.90 bits per heavy atom. The molecule has 5 heteroatoms. The molecular weight excluding hydrogens is 258 g/mol. The van der Waals surface area contributed by atoms with Gasteiger partial charge >= 0.3 is 12.1 Å². The lowest BCUT2D eigenvalue weighted by atomic mass is 9.80. The lowest BCUT2D eigenvalue weighted by Crippen LogP contribution is -2.44. The van der Waals surface area contributed by atoms with Gasteiger partial charge in [-0.25, -0.2) is 4.79 Å². The van der Waals surface area contributed by atoms with Crippen molar-refractivity contribution >= 4 is 12.1 Å². The summed E-state index contributed by atoms with van der Waals surface area (Å²) in [5.74, 6) is -0.154. The van der Waals surface area contributed by atoms with Gasteiger partial charge in [-0.05, 0) is 46.0 Å². The van der Waals surface area contributed by atoms with Gasteiger partial charge in [0.25, 0.3) is 0 Å². The number of carbonyl (C=O) groups excluding carboxylic acids is 1. The molecule has 0 saturated heterocycles. The maximum absolute atomic E-state index is 11.7. The van der Waals surface area contributed by atoms with Crippen molar-refractivity contribution in [3.05, 3.63) is 0 Å². The summed E-state index contributed by atoms with van der Waals surface area (Å²) in [6.45, 7) is 7.33. The van der Waals surface area contributed by atoms with Crippen LogP contribution in [0.4, 0.5) is 4.79 Å². The Hall–Kier alpha value is -1.26. The van der Waals surface area contributed by atoms with Gasteiger partial charge in [-0.3, -0.25) is 4.79 Å². The molecule has 5 nitrogen and oxygen atoms in total. The minimum atomic E-state index is -0.876. The first-order valence-corrected chi connectivity index (χ1v) is 7.39. The molecule has 1 aliphatic carbocycles. The molecule has 2 N–H and O–H groups in total. The zero-order chi connectivity index (χ0) is 15.4. The molecule has 0 heterocycles. The van der Waals surface area contributed by atoms with Gasteiger partial charge in [-0.15, -0.1) is 0 Å². The summed E-state index contributed by atoms with van der Waals surface area (Å²) >= 11 is 0. The van der Waals surface area contributed by atoms with Gasteiger partial charge in [-0.1, -0.05) is 19.8 Å². The van der Waals surface area contributed by atoms with Crippen molar-refractivity contribution in [1.29, 1.82) is 0 Å². The molecule has 1 fully saturated rings. The number of rotatable bonds is 7. The number of aliphatic carboxylic acids is 1. The Labute approximate surface area is 121 Å². The summed E-state index contributed by atoms with van der Waals surface area (Å²) in [7, 11) is 0. The van der Waals surface area contributed by atoms with Gasteiger partial charge in [0.15, 0.2) is 0 Å². The summed E-state index contributed by atoms with van der Waals surface area (Å²) in [6.07, 6.45) is 3.90. The van der Waals surface area contributed by atoms with Crippen molar-refractivity contribution in [2.24, 2.45) is 11.3 Å². The van der Waals surface area contributed by atoms with Gasteiger partial charge < -0.3 is 15.2 Å². The Kier molecular flexibility index (Phi) is 5.42. The van der Waals surface area contributed by atoms with Crippen LogP contribution < -0.4 is 5.32 Å². The number of hydrogen-bond acceptors (Lipinski definition) is 3. The van der Waals surface area contributed by atoms with E-state index in [1.54, 1.807) is 20.8 Å². The van der Waals surface area contributed by atoms with Crippen molar-refractivity contribution in [2.75, 3.05) is 6.54 Å². The molecule has 1 rings (SSSR count). The van der Waals surface area contributed by atoms with Crippen molar-refractivity contribution in [3.8, 4) is 0 Å². The fraction of sp³-hybridized carbons (Fsp3) is 0.867. The van der Waals surface area contributed by atoms with E-state index in [0.29, 0.717) is 18.8 Å². The topological polar surface area (TPSA) is 75.6 Å². The monoisotopic (exact) mass is 285 g/mol. The van der Waals surface area contributed by atoms with Crippen LogP contribution in [0, 0.1) is 11.3 Å². The van der Waals surface area contributed by atoms with Crippen molar-refractivity contribution < 1.29 is 19.4 Å². The molecular formula is C15H27NO4. The summed E-state index contributed by atoms with van der Waals surface area (Å²) in [4.78, 5) is 23.3. The van der Waals surface area contributed by atoms with E-state index < -0.39 is 23.1 Å². The lowest BCUT2D eigenvalue weighted by molar-refractivity contribution is -0.149. The average Bonchev–Trinajstić information content (AvgIpc) is 3.11. The SMILES string of the molecule is CCC(CCC1CC1)(CNC(=O)OC(C)(C)C)C(=O)O. The number of nitrogens with one attached hydrogen (secondary N) is 1. The van der Waals surface area contributed by atoms with E-state index in [2.05, 4.69) is 5.32 Å². The van der Waals surface area contributed by atoms with Gasteiger partial charge in [0, 0.05) is 6.54 Å². The lowest BCUT2D eigenvalue weighted by Gasteiger charge is -2.29. The smallest absolute Gasteiger partial charge is 0.407 e. The highest BCUT2D eigenvalue weighted by molar-refractivity contribution is 5.76. The Morgan fingerprint density at radius 3 is 2.30 bits per heavy atom. The first-order valence-electron chi connectivity index (χ1n) is 7.39. The maximum Gasteiger partial charge on any atom is 0.407 e. The molecule has 0 bridgehead atoms. The predicted octanol–water partition coefficient (Wildman–Crippen LogP) is 3.18. The van der Waals surface area contributed by atoms with E-state index in [9.17, 15) is 14.7 Å². The minimum absolute atomic E-state index is 0.125. The van der Waals surface area contributed by atoms with E-state index in [-0.39, 0.29) is 6.54 Å². The number of ether oxygens (including phenoxy) is 1. The molecule has 0 spiro atoms. The van der Waals surface area contributed by atoms with Crippen LogP contribution in [-0.4, -0.2) is 29.3 Å². The van der Waals surface area contributed by atoms with Crippen LogP contribution in [0.5, 0.6) is 0 Å². The number of alkyl carbamates (subject to hydrolysis) is 1. The second-order valence-electron chi connectivity index (χ2n) is 6.78. The zero-order valence-corrected chi connectivity index (χ0v) is 13.0. The number of carbonyl (C=O) groups is 2. The molecule has 20 heavy (non-hydrogen) atoms. The second-order valence-corrected chi connectivity index (χ2v) is 6.78. The molecule has 1 amide bonds. The summed E-state index contributed by atoms with van der Waals surface area (Å²) in [6, 6.07) is 0. The highest BCUT2D eigenvalue weighted by atomic mass is 16.6. The molecule has 1 saturated carbocycles. The highest BCUT2D eigenvalue weighted by Crippen LogP contribution is 2.38. The van der Waals surface area contributed by atoms with Gasteiger partial charge in [0.2, 0.25) is 0 Å². The molecule has 1 unspecified atom stereocenters. The van der Waals surface area contributed by atoms with Gasteiger partial charge in [0.05, 0.1) is 5.41 Å². The summed E-state index contributed by atoms with van der Waals surface area (Å²) in [5, 5.41) is 12.1. The molecule has 0 aromatic rings. The largest absolute Gasteiger partial charge is 0.481 e. The summed E-state index contributed by atoms with van der Waals surface area (Å²) < 4.78 is 5.15. The second kappa shape index (κ2) is 6.46. The zero-order valence-electron chi connectivity index (χ0n) is 13.0. The Morgan fingerprint density at radius 1 is 1.30 bits per heavy atom. The molecule has 0 aromatic carbocycles. The van der Waals surface area contributed by atoms with Crippen LogP contribution in [0.25, 0.3) is 0 Å². The standard InChI is InChI=1S/C15H27NO4/c1-5-15(12(17)18,9-8-11-6-7-11)10-16-13(19)20-14(2,3)4/h11H,5-10H2,1-4H3,(H,16,19)(H,17,18). The maximum atomic E-state index is 11.7. The highest BCUT2D eigenvalue weighted by Gasteiger charge is 2.39. The molecule has 0 aliphatic heterocycles. The van der Waals surface area contributed by atoms with E-state index in [1.165, 1.54) is 12.8 Å². The quantitative estimate of drug-likeness (QED) is 0.753. The number of hydrogen-bond donors (Lipinski definition) is 2.